The Labute approximate surface area is 115 Å². The van der Waals surface area contributed by atoms with Crippen LogP contribution in [0, 0.1) is 0 Å². The Morgan fingerprint density at radius 2 is 1.95 bits per heavy atom. The largest absolute Gasteiger partial charge is 0.435 e. The predicted octanol–water partition coefficient (Wildman–Crippen LogP) is 2.26. The number of benzene rings is 1. The zero-order valence-electron chi connectivity index (χ0n) is 9.80. The summed E-state index contributed by atoms with van der Waals surface area (Å²) in [6.45, 7) is -2.87. The maximum Gasteiger partial charge on any atom is 0.387 e. The molecule has 0 amide bonds. The van der Waals surface area contributed by atoms with Gasteiger partial charge in [0.25, 0.3) is 0 Å². The fraction of sp³-hybridized carbons (Fsp3) is 0.273. The van der Waals surface area contributed by atoms with Crippen molar-refractivity contribution in [3.8, 4) is 5.75 Å². The first-order chi connectivity index (χ1) is 8.99. The monoisotopic (exact) mass is 333 g/mol. The Morgan fingerprint density at radius 1 is 1.32 bits per heavy atom. The summed E-state index contributed by atoms with van der Waals surface area (Å²) in [6, 6.07) is 5.73. The molecule has 0 aliphatic rings. The number of ether oxygens (including phenoxy) is 1. The molecule has 1 atom stereocenters. The third-order valence-corrected chi connectivity index (χ3v) is 3.07. The van der Waals surface area contributed by atoms with Gasteiger partial charge in [0.05, 0.1) is 0 Å². The molecule has 1 aromatic carbocycles. The topological polar surface area (TPSA) is 60.2 Å². The number of nitrogens with zero attached hydrogens (tertiary/aromatic N) is 3. The lowest BCUT2D eigenvalue weighted by Gasteiger charge is -2.12. The lowest BCUT2D eigenvalue weighted by molar-refractivity contribution is -0.0498. The summed E-state index contributed by atoms with van der Waals surface area (Å²) in [5, 5.41) is 17.7. The first kappa shape index (κ1) is 13.9. The zero-order chi connectivity index (χ0) is 14.0. The van der Waals surface area contributed by atoms with Crippen molar-refractivity contribution in [1.82, 2.24) is 15.0 Å². The van der Waals surface area contributed by atoms with Crippen molar-refractivity contribution >= 4 is 15.9 Å². The van der Waals surface area contributed by atoms with E-state index in [1.165, 1.54) is 28.9 Å². The van der Waals surface area contributed by atoms with Crippen molar-refractivity contribution in [2.24, 2.45) is 7.05 Å². The molecular weight excluding hydrogens is 324 g/mol. The molecule has 0 bridgehead atoms. The van der Waals surface area contributed by atoms with E-state index >= 15 is 0 Å². The van der Waals surface area contributed by atoms with E-state index < -0.39 is 12.7 Å². The summed E-state index contributed by atoms with van der Waals surface area (Å²) < 4.78 is 30.1. The van der Waals surface area contributed by atoms with E-state index in [0.717, 1.165) is 0 Å². The minimum Gasteiger partial charge on any atom is -0.435 e. The molecule has 102 valence electrons. The number of aryl methyl sites for hydroxylation is 1. The van der Waals surface area contributed by atoms with Gasteiger partial charge in [-0.05, 0) is 33.6 Å². The van der Waals surface area contributed by atoms with Crippen LogP contribution in [0.4, 0.5) is 8.78 Å². The van der Waals surface area contributed by atoms with Crippen molar-refractivity contribution < 1.29 is 18.6 Å². The molecule has 0 spiro atoms. The Morgan fingerprint density at radius 3 is 2.42 bits per heavy atom. The Kier molecular flexibility index (Phi) is 4.11. The van der Waals surface area contributed by atoms with Crippen LogP contribution >= 0.6 is 15.9 Å². The molecule has 0 saturated carbocycles. The average molecular weight is 334 g/mol. The van der Waals surface area contributed by atoms with Crippen molar-refractivity contribution in [3.63, 3.8) is 0 Å². The molecule has 0 aliphatic carbocycles. The minimum absolute atomic E-state index is 0.0353. The SMILES string of the molecule is Cn1nnc(Br)c1C(O)c1ccc(OC(F)F)cc1. The number of aliphatic hydroxyl groups excluding tert-OH is 1. The van der Waals surface area contributed by atoms with Gasteiger partial charge in [-0.2, -0.15) is 8.78 Å². The molecule has 0 aliphatic heterocycles. The van der Waals surface area contributed by atoms with Crippen molar-refractivity contribution in [1.29, 1.82) is 0 Å². The first-order valence-corrected chi connectivity index (χ1v) is 6.06. The van der Waals surface area contributed by atoms with E-state index in [1.54, 1.807) is 7.05 Å². The van der Waals surface area contributed by atoms with Gasteiger partial charge in [0, 0.05) is 7.05 Å². The molecule has 1 unspecified atom stereocenters. The summed E-state index contributed by atoms with van der Waals surface area (Å²) in [4.78, 5) is 0. The minimum atomic E-state index is -2.87. The van der Waals surface area contributed by atoms with Gasteiger partial charge in [0.15, 0.2) is 4.60 Å². The summed E-state index contributed by atoms with van der Waals surface area (Å²) in [7, 11) is 1.64. The zero-order valence-corrected chi connectivity index (χ0v) is 11.4. The molecule has 8 heteroatoms. The number of hydrogen-bond donors (Lipinski definition) is 1. The van der Waals surface area contributed by atoms with Gasteiger partial charge in [0.1, 0.15) is 17.5 Å². The van der Waals surface area contributed by atoms with E-state index in [-0.39, 0.29) is 5.75 Å². The molecule has 2 rings (SSSR count). The first-order valence-electron chi connectivity index (χ1n) is 5.27. The van der Waals surface area contributed by atoms with E-state index in [1.807, 2.05) is 0 Å². The van der Waals surface area contributed by atoms with Gasteiger partial charge in [-0.3, -0.25) is 0 Å². The molecule has 1 aromatic heterocycles. The van der Waals surface area contributed by atoms with Gasteiger partial charge < -0.3 is 9.84 Å². The number of halogens is 3. The second kappa shape index (κ2) is 5.62. The number of hydrogen-bond acceptors (Lipinski definition) is 4. The van der Waals surface area contributed by atoms with Crippen LogP contribution in [0.1, 0.15) is 17.4 Å². The summed E-state index contributed by atoms with van der Waals surface area (Å²) in [6.07, 6.45) is -0.963. The molecule has 5 nitrogen and oxygen atoms in total. The van der Waals surface area contributed by atoms with Crippen LogP contribution in [0.2, 0.25) is 0 Å². The fourth-order valence-corrected chi connectivity index (χ4v) is 2.16. The normalized spacial score (nSPS) is 12.7. The Bertz CT molecular complexity index is 540. The Hall–Kier alpha value is -1.54. The van der Waals surface area contributed by atoms with Crippen LogP contribution < -0.4 is 4.74 Å². The molecule has 0 fully saturated rings. The number of aromatic nitrogens is 3. The number of rotatable bonds is 4. The Balaban J connectivity index is 2.23. The van der Waals surface area contributed by atoms with Crippen LogP contribution in [0.15, 0.2) is 28.9 Å². The van der Waals surface area contributed by atoms with Gasteiger partial charge >= 0.3 is 6.61 Å². The van der Waals surface area contributed by atoms with E-state index in [4.69, 9.17) is 0 Å². The van der Waals surface area contributed by atoms with Crippen LogP contribution in [-0.2, 0) is 7.05 Å². The lowest BCUT2D eigenvalue weighted by atomic mass is 10.1. The summed E-state index contributed by atoms with van der Waals surface area (Å²) in [5.74, 6) is 0.0353. The second-order valence-corrected chi connectivity index (χ2v) is 4.49. The smallest absolute Gasteiger partial charge is 0.387 e. The molecule has 19 heavy (non-hydrogen) atoms. The number of aliphatic hydroxyl groups is 1. The molecule has 1 heterocycles. The second-order valence-electron chi connectivity index (χ2n) is 3.74. The van der Waals surface area contributed by atoms with Crippen molar-refractivity contribution in [3.05, 3.63) is 40.1 Å². The van der Waals surface area contributed by atoms with Crippen LogP contribution in [-0.4, -0.2) is 26.7 Å². The summed E-state index contributed by atoms with van der Waals surface area (Å²) in [5.41, 5.74) is 0.996. The van der Waals surface area contributed by atoms with E-state index in [0.29, 0.717) is 15.9 Å². The van der Waals surface area contributed by atoms with Crippen LogP contribution in [0.25, 0.3) is 0 Å². The van der Waals surface area contributed by atoms with Crippen molar-refractivity contribution in [2.45, 2.75) is 12.7 Å². The standard InChI is InChI=1S/C11H10BrF2N3O2/c1-17-8(10(12)15-16-17)9(18)6-2-4-7(5-3-6)19-11(13)14/h2-5,9,11,18H,1H3. The van der Waals surface area contributed by atoms with E-state index in [9.17, 15) is 13.9 Å². The number of alkyl halides is 2. The fourth-order valence-electron chi connectivity index (χ4n) is 1.62. The highest BCUT2D eigenvalue weighted by Crippen LogP contribution is 2.27. The maximum absolute atomic E-state index is 12.0. The molecule has 0 radical (unpaired) electrons. The highest BCUT2D eigenvalue weighted by atomic mass is 79.9. The lowest BCUT2D eigenvalue weighted by Crippen LogP contribution is -2.07. The summed E-state index contributed by atoms with van der Waals surface area (Å²) >= 11 is 3.18. The average Bonchev–Trinajstić information content (AvgIpc) is 2.68. The predicted molar refractivity (Wildman–Crippen MR) is 65.8 cm³/mol. The maximum atomic E-state index is 12.0. The van der Waals surface area contributed by atoms with Crippen LogP contribution in [0.3, 0.4) is 0 Å². The third kappa shape index (κ3) is 3.07. The molecule has 1 N–H and O–H groups in total. The molecular formula is C11H10BrF2N3O2. The quantitative estimate of drug-likeness (QED) is 0.932. The van der Waals surface area contributed by atoms with Crippen molar-refractivity contribution in [2.75, 3.05) is 0 Å². The van der Waals surface area contributed by atoms with Gasteiger partial charge in [-0.25, -0.2) is 4.68 Å². The van der Waals surface area contributed by atoms with Crippen LogP contribution in [0.5, 0.6) is 5.75 Å². The van der Waals surface area contributed by atoms with Gasteiger partial charge in [-0.15, -0.1) is 5.10 Å². The third-order valence-electron chi connectivity index (χ3n) is 2.51. The highest BCUT2D eigenvalue weighted by Gasteiger charge is 2.19. The van der Waals surface area contributed by atoms with E-state index in [2.05, 4.69) is 31.0 Å². The van der Waals surface area contributed by atoms with Gasteiger partial charge in [-0.1, -0.05) is 17.3 Å². The van der Waals surface area contributed by atoms with Gasteiger partial charge in [0.2, 0.25) is 0 Å². The molecule has 0 saturated heterocycles. The highest BCUT2D eigenvalue weighted by molar-refractivity contribution is 9.10. The molecule has 2 aromatic rings.